The minimum atomic E-state index is 0.320. The fourth-order valence-corrected chi connectivity index (χ4v) is 2.40. The number of benzene rings is 1. The van der Waals surface area contributed by atoms with E-state index in [0.717, 1.165) is 17.6 Å². The van der Waals surface area contributed by atoms with Crippen molar-refractivity contribution in [1.82, 2.24) is 20.3 Å². The monoisotopic (exact) mass is 252 g/mol. The number of aromatic amines is 1. The Kier molecular flexibility index (Phi) is 3.25. The molecule has 0 aliphatic carbocycles. The van der Waals surface area contributed by atoms with Gasteiger partial charge in [0.15, 0.2) is 0 Å². The molecule has 4 heteroatoms. The highest BCUT2D eigenvalue weighted by Gasteiger charge is 2.14. The number of imidazole rings is 1. The van der Waals surface area contributed by atoms with Crippen LogP contribution in [0.3, 0.4) is 0 Å². The lowest BCUT2D eigenvalue weighted by atomic mass is 9.91. The Morgan fingerprint density at radius 3 is 2.79 bits per heavy atom. The molecular weight excluding hydrogens is 236 g/mol. The number of rotatable bonds is 4. The minimum Gasteiger partial charge on any atom is -0.345 e. The quantitative estimate of drug-likeness (QED) is 0.749. The second-order valence-electron chi connectivity index (χ2n) is 4.57. The van der Waals surface area contributed by atoms with Crippen molar-refractivity contribution in [2.45, 2.75) is 5.92 Å². The first kappa shape index (κ1) is 11.9. The van der Waals surface area contributed by atoms with Crippen molar-refractivity contribution in [1.29, 1.82) is 0 Å². The third kappa shape index (κ3) is 2.35. The largest absolute Gasteiger partial charge is 0.345 e. The highest BCUT2D eigenvalue weighted by molar-refractivity contribution is 5.75. The Hall–Kier alpha value is -2.20. The Morgan fingerprint density at radius 1 is 1.16 bits per heavy atom. The Morgan fingerprint density at radius 2 is 2.00 bits per heavy atom. The van der Waals surface area contributed by atoms with Gasteiger partial charge in [0, 0.05) is 24.9 Å². The van der Waals surface area contributed by atoms with Crippen LogP contribution in [0, 0.1) is 0 Å². The van der Waals surface area contributed by atoms with Gasteiger partial charge in [0.05, 0.1) is 17.4 Å². The van der Waals surface area contributed by atoms with Crippen molar-refractivity contribution < 1.29 is 0 Å². The van der Waals surface area contributed by atoms with Gasteiger partial charge in [0.2, 0.25) is 0 Å². The van der Waals surface area contributed by atoms with Gasteiger partial charge in [-0.2, -0.15) is 0 Å². The van der Waals surface area contributed by atoms with E-state index in [-0.39, 0.29) is 0 Å². The van der Waals surface area contributed by atoms with Crippen LogP contribution in [0.4, 0.5) is 0 Å². The van der Waals surface area contributed by atoms with E-state index >= 15 is 0 Å². The zero-order valence-electron chi connectivity index (χ0n) is 10.8. The van der Waals surface area contributed by atoms with Gasteiger partial charge in [0.25, 0.3) is 0 Å². The Balaban J connectivity index is 2.03. The molecule has 0 amide bonds. The summed E-state index contributed by atoms with van der Waals surface area (Å²) in [4.78, 5) is 11.5. The van der Waals surface area contributed by atoms with Crippen molar-refractivity contribution in [2.24, 2.45) is 0 Å². The molecule has 0 spiro atoms. The zero-order chi connectivity index (χ0) is 13.1. The summed E-state index contributed by atoms with van der Waals surface area (Å²) in [5.41, 5.74) is 4.62. The van der Waals surface area contributed by atoms with E-state index in [0.29, 0.717) is 5.92 Å². The molecule has 0 radical (unpaired) electrons. The molecule has 1 unspecified atom stereocenters. The van der Waals surface area contributed by atoms with Crippen LogP contribution < -0.4 is 5.32 Å². The van der Waals surface area contributed by atoms with E-state index in [4.69, 9.17) is 0 Å². The normalized spacial score (nSPS) is 12.7. The summed E-state index contributed by atoms with van der Waals surface area (Å²) < 4.78 is 0. The van der Waals surface area contributed by atoms with Gasteiger partial charge in [-0.1, -0.05) is 6.07 Å². The highest BCUT2D eigenvalue weighted by atomic mass is 14.9. The van der Waals surface area contributed by atoms with Gasteiger partial charge in [-0.3, -0.25) is 4.98 Å². The standard InChI is InChI=1S/C15H16N4/c1-16-9-13(11-4-6-17-7-5-11)12-2-3-14-15(8-12)19-10-18-14/h2-8,10,13,16H,9H2,1H3,(H,18,19). The van der Waals surface area contributed by atoms with Gasteiger partial charge < -0.3 is 10.3 Å². The number of nitrogens with zero attached hydrogens (tertiary/aromatic N) is 2. The first-order chi connectivity index (χ1) is 9.38. The van der Waals surface area contributed by atoms with E-state index in [2.05, 4.69) is 50.6 Å². The van der Waals surface area contributed by atoms with Crippen LogP contribution in [0.1, 0.15) is 17.0 Å². The first-order valence-corrected chi connectivity index (χ1v) is 6.36. The van der Waals surface area contributed by atoms with Gasteiger partial charge in [0.1, 0.15) is 0 Å². The van der Waals surface area contributed by atoms with E-state index in [1.165, 1.54) is 11.1 Å². The molecule has 2 aromatic heterocycles. The van der Waals surface area contributed by atoms with E-state index in [1.54, 1.807) is 6.33 Å². The fourth-order valence-electron chi connectivity index (χ4n) is 2.40. The Labute approximate surface area is 111 Å². The average molecular weight is 252 g/mol. The molecule has 0 fully saturated rings. The number of nitrogens with one attached hydrogen (secondary N) is 2. The van der Waals surface area contributed by atoms with Crippen LogP contribution in [-0.4, -0.2) is 28.5 Å². The first-order valence-electron chi connectivity index (χ1n) is 6.36. The van der Waals surface area contributed by atoms with E-state index < -0.39 is 0 Å². The SMILES string of the molecule is CNCC(c1ccncc1)c1ccc2nc[nH]c2c1. The van der Waals surface area contributed by atoms with Crippen molar-refractivity contribution >= 4 is 11.0 Å². The topological polar surface area (TPSA) is 53.6 Å². The number of pyridine rings is 1. The highest BCUT2D eigenvalue weighted by Crippen LogP contribution is 2.25. The summed E-state index contributed by atoms with van der Waals surface area (Å²) in [5.74, 6) is 0.320. The van der Waals surface area contributed by atoms with Crippen LogP contribution in [-0.2, 0) is 0 Å². The lowest BCUT2D eigenvalue weighted by Gasteiger charge is -2.17. The van der Waals surface area contributed by atoms with Crippen molar-refractivity contribution in [2.75, 3.05) is 13.6 Å². The molecule has 2 heterocycles. The predicted molar refractivity (Wildman–Crippen MR) is 76.1 cm³/mol. The molecule has 0 aliphatic heterocycles. The number of fused-ring (bicyclic) bond motifs is 1. The molecule has 1 aromatic carbocycles. The molecule has 96 valence electrons. The number of H-pyrrole nitrogens is 1. The van der Waals surface area contributed by atoms with Crippen molar-refractivity contribution in [3.63, 3.8) is 0 Å². The van der Waals surface area contributed by atoms with Gasteiger partial charge in [-0.05, 0) is 42.4 Å². The number of hydrogen-bond acceptors (Lipinski definition) is 3. The number of aromatic nitrogens is 3. The molecule has 2 N–H and O–H groups in total. The third-order valence-corrected chi connectivity index (χ3v) is 3.36. The van der Waals surface area contributed by atoms with Gasteiger partial charge in [-0.15, -0.1) is 0 Å². The summed E-state index contributed by atoms with van der Waals surface area (Å²) in [7, 11) is 1.98. The molecule has 1 atom stereocenters. The van der Waals surface area contributed by atoms with Crippen molar-refractivity contribution in [3.8, 4) is 0 Å². The summed E-state index contributed by atoms with van der Waals surface area (Å²) in [5, 5.41) is 3.26. The lowest BCUT2D eigenvalue weighted by molar-refractivity contribution is 0.708. The van der Waals surface area contributed by atoms with E-state index in [9.17, 15) is 0 Å². The van der Waals surface area contributed by atoms with Crippen LogP contribution in [0.5, 0.6) is 0 Å². The van der Waals surface area contributed by atoms with Crippen LogP contribution in [0.15, 0.2) is 49.1 Å². The average Bonchev–Trinajstić information content (AvgIpc) is 2.93. The van der Waals surface area contributed by atoms with Crippen LogP contribution >= 0.6 is 0 Å². The number of hydrogen-bond donors (Lipinski definition) is 2. The second-order valence-corrected chi connectivity index (χ2v) is 4.57. The van der Waals surface area contributed by atoms with E-state index in [1.807, 2.05) is 19.4 Å². The maximum Gasteiger partial charge on any atom is 0.0931 e. The molecule has 19 heavy (non-hydrogen) atoms. The molecule has 0 saturated heterocycles. The fraction of sp³-hybridized carbons (Fsp3) is 0.200. The smallest absolute Gasteiger partial charge is 0.0931 e. The molecule has 0 saturated carbocycles. The van der Waals surface area contributed by atoms with Crippen molar-refractivity contribution in [3.05, 3.63) is 60.2 Å². The minimum absolute atomic E-state index is 0.320. The lowest BCUT2D eigenvalue weighted by Crippen LogP contribution is -2.18. The molecule has 3 aromatic rings. The summed E-state index contributed by atoms with van der Waals surface area (Å²) in [6.07, 6.45) is 5.41. The summed E-state index contributed by atoms with van der Waals surface area (Å²) in [6, 6.07) is 10.5. The second kappa shape index (κ2) is 5.20. The van der Waals surface area contributed by atoms with Crippen LogP contribution in [0.2, 0.25) is 0 Å². The third-order valence-electron chi connectivity index (χ3n) is 3.36. The number of likely N-dealkylation sites (N-methyl/N-ethyl adjacent to an activating group) is 1. The van der Waals surface area contributed by atoms with Gasteiger partial charge in [-0.25, -0.2) is 4.98 Å². The zero-order valence-corrected chi connectivity index (χ0v) is 10.8. The molecule has 4 nitrogen and oxygen atoms in total. The van der Waals surface area contributed by atoms with Gasteiger partial charge >= 0.3 is 0 Å². The molecule has 0 aliphatic rings. The predicted octanol–water partition coefficient (Wildman–Crippen LogP) is 2.31. The maximum absolute atomic E-state index is 4.26. The van der Waals surface area contributed by atoms with Crippen LogP contribution in [0.25, 0.3) is 11.0 Å². The summed E-state index contributed by atoms with van der Waals surface area (Å²) in [6.45, 7) is 0.893. The maximum atomic E-state index is 4.26. The summed E-state index contributed by atoms with van der Waals surface area (Å²) >= 11 is 0. The Bertz CT molecular complexity index is 660. The molecule has 0 bridgehead atoms. The molecule has 3 rings (SSSR count). The molecular formula is C15H16N4.